The number of hydrogen-bond acceptors (Lipinski definition) is 5. The lowest BCUT2D eigenvalue weighted by Crippen LogP contribution is -2.34. The van der Waals surface area contributed by atoms with Crippen molar-refractivity contribution in [3.05, 3.63) is 87.2 Å². The van der Waals surface area contributed by atoms with Crippen LogP contribution >= 0.6 is 39.7 Å². The second-order valence-electron chi connectivity index (χ2n) is 6.85. The molecule has 9 heteroatoms. The van der Waals surface area contributed by atoms with Gasteiger partial charge in [0.2, 0.25) is 0 Å². The number of thiocarbonyl (C=S) groups is 1. The predicted molar refractivity (Wildman–Crippen MR) is 133 cm³/mol. The molecule has 0 aliphatic carbocycles. The molecule has 1 aromatic heterocycles. The van der Waals surface area contributed by atoms with Crippen LogP contribution in [0.1, 0.15) is 21.8 Å². The number of fused-ring (bicyclic) bond motifs is 1. The maximum atomic E-state index is 12.4. The molecule has 0 saturated carbocycles. The number of carbonyl (C=O) groups is 1. The molecular formula is C23H17BrClN3O3S. The van der Waals surface area contributed by atoms with Gasteiger partial charge in [0.15, 0.2) is 16.6 Å². The third-order valence-electron chi connectivity index (χ3n) is 4.60. The molecular weight excluding hydrogens is 514 g/mol. The molecule has 32 heavy (non-hydrogen) atoms. The molecule has 1 heterocycles. The average Bonchev–Trinajstić information content (AvgIpc) is 3.16. The van der Waals surface area contributed by atoms with E-state index in [4.69, 9.17) is 33.0 Å². The van der Waals surface area contributed by atoms with Crippen LogP contribution in [0.15, 0.2) is 69.6 Å². The molecule has 3 aromatic carbocycles. The number of ether oxygens (including phenoxy) is 1. The van der Waals surface area contributed by atoms with Crippen molar-refractivity contribution in [2.24, 2.45) is 0 Å². The van der Waals surface area contributed by atoms with Crippen molar-refractivity contribution >= 4 is 67.6 Å². The quantitative estimate of drug-likeness (QED) is 0.310. The monoisotopic (exact) mass is 529 g/mol. The molecule has 2 N–H and O–H groups in total. The number of benzene rings is 3. The van der Waals surface area contributed by atoms with Crippen molar-refractivity contribution in [2.75, 3.05) is 12.4 Å². The van der Waals surface area contributed by atoms with E-state index in [-0.39, 0.29) is 11.0 Å². The molecule has 0 fully saturated rings. The van der Waals surface area contributed by atoms with Crippen LogP contribution in [0.4, 0.5) is 5.69 Å². The average molecular weight is 531 g/mol. The molecule has 4 rings (SSSR count). The van der Waals surface area contributed by atoms with E-state index in [1.165, 1.54) is 0 Å². The summed E-state index contributed by atoms with van der Waals surface area (Å²) in [6, 6.07) is 18.0. The molecule has 0 spiro atoms. The Morgan fingerprint density at radius 2 is 1.94 bits per heavy atom. The molecule has 0 bridgehead atoms. The van der Waals surface area contributed by atoms with Crippen molar-refractivity contribution in [3.8, 4) is 5.75 Å². The number of halogens is 2. The van der Waals surface area contributed by atoms with E-state index in [1.54, 1.807) is 43.5 Å². The molecule has 162 valence electrons. The van der Waals surface area contributed by atoms with Gasteiger partial charge in [0.05, 0.1) is 11.6 Å². The van der Waals surface area contributed by atoms with Gasteiger partial charge in [0, 0.05) is 22.7 Å². The highest BCUT2D eigenvalue weighted by atomic mass is 79.9. The summed E-state index contributed by atoms with van der Waals surface area (Å²) in [5.41, 5.74) is 3.66. The van der Waals surface area contributed by atoms with Crippen LogP contribution in [-0.4, -0.2) is 23.1 Å². The van der Waals surface area contributed by atoms with Gasteiger partial charge in [-0.15, -0.1) is 0 Å². The van der Waals surface area contributed by atoms with Gasteiger partial charge in [0.25, 0.3) is 5.91 Å². The zero-order chi connectivity index (χ0) is 22.7. The van der Waals surface area contributed by atoms with E-state index in [0.29, 0.717) is 38.7 Å². The fraction of sp³-hybridized carbons (Fsp3) is 0.0870. The number of rotatable bonds is 5. The first-order chi connectivity index (χ1) is 15.4. The van der Waals surface area contributed by atoms with E-state index in [2.05, 4.69) is 31.5 Å². The Bertz CT molecular complexity index is 1310. The number of oxazole rings is 1. The second-order valence-corrected chi connectivity index (χ2v) is 8.55. The maximum Gasteiger partial charge on any atom is 0.257 e. The van der Waals surface area contributed by atoms with Gasteiger partial charge >= 0.3 is 0 Å². The van der Waals surface area contributed by atoms with Crippen LogP contribution < -0.4 is 15.4 Å². The van der Waals surface area contributed by atoms with Crippen molar-refractivity contribution in [3.63, 3.8) is 0 Å². The van der Waals surface area contributed by atoms with E-state index in [1.807, 2.05) is 24.3 Å². The van der Waals surface area contributed by atoms with Crippen LogP contribution in [0.25, 0.3) is 11.1 Å². The van der Waals surface area contributed by atoms with E-state index in [9.17, 15) is 4.79 Å². The minimum atomic E-state index is -0.321. The topological polar surface area (TPSA) is 76.4 Å². The van der Waals surface area contributed by atoms with Crippen LogP contribution in [0.5, 0.6) is 5.75 Å². The van der Waals surface area contributed by atoms with Gasteiger partial charge in [-0.3, -0.25) is 10.1 Å². The Morgan fingerprint density at radius 3 is 2.66 bits per heavy atom. The van der Waals surface area contributed by atoms with Gasteiger partial charge in [0.1, 0.15) is 11.3 Å². The highest BCUT2D eigenvalue weighted by molar-refractivity contribution is 9.10. The molecule has 4 aromatic rings. The summed E-state index contributed by atoms with van der Waals surface area (Å²) < 4.78 is 11.6. The Hall–Kier alpha value is -2.94. The van der Waals surface area contributed by atoms with Crippen LogP contribution in [-0.2, 0) is 6.42 Å². The second kappa shape index (κ2) is 9.68. The summed E-state index contributed by atoms with van der Waals surface area (Å²) in [5, 5.41) is 6.50. The SMILES string of the molecule is COc1ccc(C(=O)NC(=S)Nc2ccc(Cc3nc4cc(Cl)ccc4o3)cc2)cc1Br. The summed E-state index contributed by atoms with van der Waals surface area (Å²) >= 11 is 14.6. The van der Waals surface area contributed by atoms with Crippen molar-refractivity contribution in [2.45, 2.75) is 6.42 Å². The van der Waals surface area contributed by atoms with Crippen LogP contribution in [0.2, 0.25) is 5.02 Å². The van der Waals surface area contributed by atoms with Gasteiger partial charge in [-0.2, -0.15) is 0 Å². The molecule has 0 saturated heterocycles. The van der Waals surface area contributed by atoms with E-state index < -0.39 is 0 Å². The molecule has 0 atom stereocenters. The van der Waals surface area contributed by atoms with Crippen molar-refractivity contribution < 1.29 is 13.9 Å². The molecule has 1 amide bonds. The predicted octanol–water partition coefficient (Wildman–Crippen LogP) is 5.97. The standard InChI is InChI=1S/C23H17BrClN3O3S/c1-30-19-8-4-14(11-17(19)24)22(29)28-23(32)26-16-6-2-13(3-7-16)10-21-27-18-12-15(25)5-9-20(18)31-21/h2-9,11-12H,10H2,1H3,(H2,26,28,29,32). The third kappa shape index (κ3) is 5.27. The van der Waals surface area contributed by atoms with Gasteiger partial charge < -0.3 is 14.5 Å². The van der Waals surface area contributed by atoms with Gasteiger partial charge in [-0.1, -0.05) is 23.7 Å². The first kappa shape index (κ1) is 22.3. The summed E-state index contributed by atoms with van der Waals surface area (Å²) in [6.45, 7) is 0. The number of anilines is 1. The van der Waals surface area contributed by atoms with E-state index in [0.717, 1.165) is 16.8 Å². The summed E-state index contributed by atoms with van der Waals surface area (Å²) in [4.78, 5) is 16.9. The number of methoxy groups -OCH3 is 1. The Labute approximate surface area is 203 Å². The smallest absolute Gasteiger partial charge is 0.257 e. The Morgan fingerprint density at radius 1 is 1.16 bits per heavy atom. The Balaban J connectivity index is 1.35. The number of aromatic nitrogens is 1. The molecule has 0 aliphatic rings. The first-order valence-electron chi connectivity index (χ1n) is 9.51. The van der Waals surface area contributed by atoms with Crippen molar-refractivity contribution in [1.82, 2.24) is 10.3 Å². The number of amides is 1. The number of carbonyl (C=O) groups excluding carboxylic acids is 1. The van der Waals surface area contributed by atoms with Gasteiger partial charge in [-0.05, 0) is 82.2 Å². The minimum absolute atomic E-state index is 0.200. The summed E-state index contributed by atoms with van der Waals surface area (Å²) in [5.74, 6) is 0.930. The maximum absolute atomic E-state index is 12.4. The normalized spacial score (nSPS) is 10.7. The highest BCUT2D eigenvalue weighted by Crippen LogP contribution is 2.25. The zero-order valence-electron chi connectivity index (χ0n) is 16.8. The van der Waals surface area contributed by atoms with Crippen LogP contribution in [0, 0.1) is 0 Å². The fourth-order valence-corrected chi connectivity index (χ4v) is 3.97. The summed E-state index contributed by atoms with van der Waals surface area (Å²) in [6.07, 6.45) is 0.542. The first-order valence-corrected chi connectivity index (χ1v) is 11.1. The Kier molecular flexibility index (Phi) is 6.74. The lowest BCUT2D eigenvalue weighted by Gasteiger charge is -2.11. The molecule has 0 radical (unpaired) electrons. The lowest BCUT2D eigenvalue weighted by atomic mass is 10.1. The summed E-state index contributed by atoms with van der Waals surface area (Å²) in [7, 11) is 1.56. The largest absolute Gasteiger partial charge is 0.496 e. The van der Waals surface area contributed by atoms with Gasteiger partial charge in [-0.25, -0.2) is 4.98 Å². The fourth-order valence-electron chi connectivity index (χ4n) is 3.05. The number of nitrogens with one attached hydrogen (secondary N) is 2. The number of nitrogens with zero attached hydrogens (tertiary/aromatic N) is 1. The van der Waals surface area contributed by atoms with Crippen LogP contribution in [0.3, 0.4) is 0 Å². The third-order valence-corrected chi connectivity index (χ3v) is 5.66. The van der Waals surface area contributed by atoms with E-state index >= 15 is 0 Å². The molecule has 0 aliphatic heterocycles. The molecule has 6 nitrogen and oxygen atoms in total. The van der Waals surface area contributed by atoms with Crippen molar-refractivity contribution in [1.29, 1.82) is 0 Å². The lowest BCUT2D eigenvalue weighted by molar-refractivity contribution is 0.0977. The minimum Gasteiger partial charge on any atom is -0.496 e. The molecule has 0 unspecified atom stereocenters. The zero-order valence-corrected chi connectivity index (χ0v) is 20.0. The number of hydrogen-bond donors (Lipinski definition) is 2. The highest BCUT2D eigenvalue weighted by Gasteiger charge is 2.11.